The Morgan fingerprint density at radius 3 is 2.69 bits per heavy atom. The number of hydrogen-bond donors (Lipinski definition) is 2. The zero-order valence-corrected chi connectivity index (χ0v) is 16.0. The van der Waals surface area contributed by atoms with Gasteiger partial charge in [-0.1, -0.05) is 27.2 Å². The van der Waals surface area contributed by atoms with Crippen LogP contribution in [0, 0.1) is 0 Å². The standard InChI is InChI=1S/C19H28N4O3/c1-5-8-15-16(10-9-14(13(2)24)17(15)25)26-12-7-6-11-19(3,4)18-20-22-23-21-18/h9-10,25H,5-8,11-12H2,1-4H3,(H,20,21,22,23). The number of aromatic nitrogens is 4. The summed E-state index contributed by atoms with van der Waals surface area (Å²) in [6.45, 7) is 8.25. The van der Waals surface area contributed by atoms with E-state index in [4.69, 9.17) is 4.74 Å². The smallest absolute Gasteiger partial charge is 0.163 e. The fourth-order valence-electron chi connectivity index (χ4n) is 2.94. The fourth-order valence-corrected chi connectivity index (χ4v) is 2.94. The van der Waals surface area contributed by atoms with Gasteiger partial charge >= 0.3 is 0 Å². The van der Waals surface area contributed by atoms with Gasteiger partial charge < -0.3 is 9.84 Å². The second-order valence-corrected chi connectivity index (χ2v) is 7.18. The molecule has 0 aliphatic rings. The first kappa shape index (κ1) is 19.9. The lowest BCUT2D eigenvalue weighted by atomic mass is 9.86. The second kappa shape index (κ2) is 8.78. The third-order valence-electron chi connectivity index (χ3n) is 4.56. The predicted octanol–water partition coefficient (Wildman–Crippen LogP) is 3.59. The summed E-state index contributed by atoms with van der Waals surface area (Å²) in [7, 11) is 0. The molecule has 142 valence electrons. The van der Waals surface area contributed by atoms with Gasteiger partial charge in [-0.05, 0) is 55.2 Å². The van der Waals surface area contributed by atoms with Gasteiger partial charge in [0.05, 0.1) is 12.2 Å². The number of aromatic hydroxyl groups is 1. The Morgan fingerprint density at radius 2 is 2.08 bits per heavy atom. The molecular formula is C19H28N4O3. The van der Waals surface area contributed by atoms with Gasteiger partial charge in [-0.3, -0.25) is 4.79 Å². The van der Waals surface area contributed by atoms with E-state index in [9.17, 15) is 9.90 Å². The van der Waals surface area contributed by atoms with E-state index < -0.39 is 0 Å². The Kier molecular flexibility index (Phi) is 6.71. The summed E-state index contributed by atoms with van der Waals surface area (Å²) in [4.78, 5) is 11.6. The molecule has 1 aromatic heterocycles. The number of ketones is 1. The van der Waals surface area contributed by atoms with E-state index in [1.54, 1.807) is 12.1 Å². The van der Waals surface area contributed by atoms with Crippen LogP contribution in [0.4, 0.5) is 0 Å². The molecule has 0 bridgehead atoms. The van der Waals surface area contributed by atoms with Crippen molar-refractivity contribution in [2.45, 2.75) is 65.2 Å². The number of carbonyl (C=O) groups is 1. The van der Waals surface area contributed by atoms with Crippen LogP contribution in [0.15, 0.2) is 12.1 Å². The SMILES string of the molecule is CCCc1c(OCCCCC(C)(C)c2nnn[nH]2)ccc(C(C)=O)c1O. The van der Waals surface area contributed by atoms with Crippen molar-refractivity contribution in [2.24, 2.45) is 0 Å². The number of carbonyl (C=O) groups excluding carboxylic acids is 1. The molecule has 1 aromatic carbocycles. The van der Waals surface area contributed by atoms with Crippen LogP contribution in [-0.2, 0) is 11.8 Å². The van der Waals surface area contributed by atoms with E-state index in [-0.39, 0.29) is 16.9 Å². The lowest BCUT2D eigenvalue weighted by molar-refractivity contribution is 0.101. The van der Waals surface area contributed by atoms with Crippen molar-refractivity contribution in [2.75, 3.05) is 6.61 Å². The quantitative estimate of drug-likeness (QED) is 0.496. The molecule has 2 N–H and O–H groups in total. The lowest BCUT2D eigenvalue weighted by Gasteiger charge is -2.20. The van der Waals surface area contributed by atoms with E-state index in [0.717, 1.165) is 31.5 Å². The highest BCUT2D eigenvalue weighted by Gasteiger charge is 2.24. The van der Waals surface area contributed by atoms with Crippen molar-refractivity contribution >= 4 is 5.78 Å². The van der Waals surface area contributed by atoms with Gasteiger partial charge in [0.2, 0.25) is 0 Å². The van der Waals surface area contributed by atoms with Crippen LogP contribution in [0.25, 0.3) is 0 Å². The lowest BCUT2D eigenvalue weighted by Crippen LogP contribution is -2.19. The Balaban J connectivity index is 1.91. The first-order valence-corrected chi connectivity index (χ1v) is 9.09. The molecular weight excluding hydrogens is 332 g/mol. The summed E-state index contributed by atoms with van der Waals surface area (Å²) >= 11 is 0. The Labute approximate surface area is 154 Å². The van der Waals surface area contributed by atoms with E-state index in [1.807, 2.05) is 6.92 Å². The molecule has 0 atom stereocenters. The molecule has 2 aromatic rings. The average molecular weight is 360 g/mol. The number of phenolic OH excluding ortho intramolecular Hbond substituents is 1. The Morgan fingerprint density at radius 1 is 1.31 bits per heavy atom. The molecule has 0 spiro atoms. The van der Waals surface area contributed by atoms with Crippen LogP contribution in [-0.4, -0.2) is 38.1 Å². The number of H-pyrrole nitrogens is 1. The largest absolute Gasteiger partial charge is 0.507 e. The summed E-state index contributed by atoms with van der Waals surface area (Å²) in [5, 5.41) is 24.5. The molecule has 0 aliphatic carbocycles. The minimum absolute atomic E-state index is 0.0517. The summed E-state index contributed by atoms with van der Waals surface area (Å²) in [6.07, 6.45) is 4.32. The van der Waals surface area contributed by atoms with Gasteiger partial charge in [-0.15, -0.1) is 5.10 Å². The van der Waals surface area contributed by atoms with Crippen molar-refractivity contribution in [3.05, 3.63) is 29.1 Å². The Hall–Kier alpha value is -2.44. The van der Waals surface area contributed by atoms with E-state index in [0.29, 0.717) is 29.9 Å². The summed E-state index contributed by atoms with van der Waals surface area (Å²) in [5.74, 6) is 1.35. The zero-order valence-electron chi connectivity index (χ0n) is 16.0. The van der Waals surface area contributed by atoms with Crippen molar-refractivity contribution in [1.82, 2.24) is 20.6 Å². The molecule has 1 heterocycles. The number of benzene rings is 1. The number of tetrazole rings is 1. The molecule has 0 radical (unpaired) electrons. The number of rotatable bonds is 10. The maximum Gasteiger partial charge on any atom is 0.163 e. The maximum absolute atomic E-state index is 11.6. The minimum atomic E-state index is -0.143. The average Bonchev–Trinajstić information content (AvgIpc) is 3.12. The molecule has 0 amide bonds. The highest BCUT2D eigenvalue weighted by molar-refractivity contribution is 5.97. The third-order valence-corrected chi connectivity index (χ3v) is 4.56. The topological polar surface area (TPSA) is 101 Å². The minimum Gasteiger partial charge on any atom is -0.507 e. The third kappa shape index (κ3) is 4.80. The number of nitrogens with zero attached hydrogens (tertiary/aromatic N) is 3. The molecule has 0 saturated carbocycles. The molecule has 7 heteroatoms. The van der Waals surface area contributed by atoms with Crippen LogP contribution in [0.1, 0.15) is 75.1 Å². The molecule has 0 unspecified atom stereocenters. The van der Waals surface area contributed by atoms with Crippen molar-refractivity contribution in [3.63, 3.8) is 0 Å². The first-order valence-electron chi connectivity index (χ1n) is 9.09. The number of unbranched alkanes of at least 4 members (excludes halogenated alkanes) is 1. The fraction of sp³-hybridized carbons (Fsp3) is 0.579. The van der Waals surface area contributed by atoms with Gasteiger partial charge in [0.1, 0.15) is 11.5 Å². The van der Waals surface area contributed by atoms with E-state index in [1.165, 1.54) is 6.92 Å². The van der Waals surface area contributed by atoms with Gasteiger partial charge in [-0.25, -0.2) is 5.10 Å². The summed E-state index contributed by atoms with van der Waals surface area (Å²) in [5.41, 5.74) is 0.953. The number of Topliss-reactive ketones (excluding diaryl/α,β-unsaturated/α-hetero) is 1. The normalized spacial score (nSPS) is 11.5. The number of ether oxygens (including phenoxy) is 1. The predicted molar refractivity (Wildman–Crippen MR) is 98.7 cm³/mol. The van der Waals surface area contributed by atoms with Crippen LogP contribution in [0.3, 0.4) is 0 Å². The molecule has 0 aliphatic heterocycles. The van der Waals surface area contributed by atoms with Gasteiger partial charge in [-0.2, -0.15) is 0 Å². The number of phenols is 1. The highest BCUT2D eigenvalue weighted by Crippen LogP contribution is 2.33. The van der Waals surface area contributed by atoms with E-state index >= 15 is 0 Å². The van der Waals surface area contributed by atoms with Gasteiger partial charge in [0.15, 0.2) is 11.6 Å². The van der Waals surface area contributed by atoms with Crippen LogP contribution in [0.5, 0.6) is 11.5 Å². The monoisotopic (exact) mass is 360 g/mol. The van der Waals surface area contributed by atoms with Gasteiger partial charge in [0.25, 0.3) is 0 Å². The molecule has 26 heavy (non-hydrogen) atoms. The summed E-state index contributed by atoms with van der Waals surface area (Å²) in [6, 6.07) is 3.41. The summed E-state index contributed by atoms with van der Waals surface area (Å²) < 4.78 is 5.89. The maximum atomic E-state index is 11.6. The van der Waals surface area contributed by atoms with Crippen molar-refractivity contribution < 1.29 is 14.6 Å². The molecule has 0 saturated heterocycles. The van der Waals surface area contributed by atoms with Crippen LogP contribution in [0.2, 0.25) is 0 Å². The van der Waals surface area contributed by atoms with Crippen molar-refractivity contribution in [3.8, 4) is 11.5 Å². The van der Waals surface area contributed by atoms with Gasteiger partial charge in [0, 0.05) is 11.0 Å². The second-order valence-electron chi connectivity index (χ2n) is 7.18. The molecule has 2 rings (SSSR count). The van der Waals surface area contributed by atoms with Crippen LogP contribution < -0.4 is 4.74 Å². The highest BCUT2D eigenvalue weighted by atomic mass is 16.5. The molecule has 7 nitrogen and oxygen atoms in total. The Bertz CT molecular complexity index is 727. The number of hydrogen-bond acceptors (Lipinski definition) is 6. The van der Waals surface area contributed by atoms with Crippen molar-refractivity contribution in [1.29, 1.82) is 0 Å². The zero-order chi connectivity index (χ0) is 19.2. The number of nitrogens with one attached hydrogen (secondary N) is 1. The van der Waals surface area contributed by atoms with E-state index in [2.05, 4.69) is 34.5 Å². The number of aromatic amines is 1. The first-order chi connectivity index (χ1) is 12.4. The van der Waals surface area contributed by atoms with Crippen LogP contribution >= 0.6 is 0 Å². The molecule has 0 fully saturated rings.